The maximum atomic E-state index is 13.6. The highest BCUT2D eigenvalue weighted by Gasteiger charge is 2.31. The van der Waals surface area contributed by atoms with Gasteiger partial charge in [0.25, 0.3) is 5.91 Å². The number of alkyl halides is 3. The molecule has 1 amide bonds. The molecule has 1 aliphatic rings. The monoisotopic (exact) mass is 426 g/mol. The number of hydrogen-bond donors (Lipinski definition) is 1. The molecule has 1 fully saturated rings. The number of hydrogen-bond acceptors (Lipinski definition) is 4. The van der Waals surface area contributed by atoms with Crippen molar-refractivity contribution in [1.82, 2.24) is 10.2 Å². The molecule has 0 aliphatic carbocycles. The van der Waals surface area contributed by atoms with E-state index in [1.165, 1.54) is 31.4 Å². The van der Waals surface area contributed by atoms with Crippen LogP contribution in [0.2, 0.25) is 0 Å². The third-order valence-corrected chi connectivity index (χ3v) is 4.97. The summed E-state index contributed by atoms with van der Waals surface area (Å²) in [5.74, 6) is -0.878. The van der Waals surface area contributed by atoms with Crippen LogP contribution in [0.3, 0.4) is 0 Å². The summed E-state index contributed by atoms with van der Waals surface area (Å²) < 4.78 is 62.7. The molecule has 0 bridgehead atoms. The summed E-state index contributed by atoms with van der Waals surface area (Å²) in [4.78, 5) is 14.7. The van der Waals surface area contributed by atoms with E-state index in [1.54, 1.807) is 0 Å². The lowest BCUT2D eigenvalue weighted by Crippen LogP contribution is -2.43. The van der Waals surface area contributed by atoms with Gasteiger partial charge in [-0.25, -0.2) is 4.39 Å². The van der Waals surface area contributed by atoms with Gasteiger partial charge in [0, 0.05) is 19.6 Å². The van der Waals surface area contributed by atoms with Gasteiger partial charge in [0.1, 0.15) is 11.6 Å². The van der Waals surface area contributed by atoms with E-state index in [0.717, 1.165) is 18.2 Å². The normalized spacial score (nSPS) is 16.2. The van der Waals surface area contributed by atoms with E-state index in [-0.39, 0.29) is 23.9 Å². The highest BCUT2D eigenvalue weighted by molar-refractivity contribution is 5.96. The highest BCUT2D eigenvalue weighted by Crippen LogP contribution is 2.31. The Kier molecular flexibility index (Phi) is 6.94. The molecule has 5 nitrogen and oxygen atoms in total. The van der Waals surface area contributed by atoms with Gasteiger partial charge in [0.15, 0.2) is 0 Å². The lowest BCUT2D eigenvalue weighted by Gasteiger charge is -2.35. The first-order valence-corrected chi connectivity index (χ1v) is 9.40. The molecule has 1 atom stereocenters. The first-order valence-electron chi connectivity index (χ1n) is 9.40. The second-order valence-electron chi connectivity index (χ2n) is 6.84. The molecular weight excluding hydrogens is 404 g/mol. The zero-order chi connectivity index (χ0) is 21.7. The Labute approximate surface area is 171 Å². The quantitative estimate of drug-likeness (QED) is 0.717. The van der Waals surface area contributed by atoms with Crippen LogP contribution in [-0.4, -0.2) is 50.8 Å². The fourth-order valence-electron chi connectivity index (χ4n) is 3.38. The minimum absolute atomic E-state index is 0.0469. The van der Waals surface area contributed by atoms with Crippen LogP contribution in [0.5, 0.6) is 5.75 Å². The van der Waals surface area contributed by atoms with Crippen LogP contribution >= 0.6 is 0 Å². The first kappa shape index (κ1) is 22.0. The zero-order valence-electron chi connectivity index (χ0n) is 16.3. The maximum absolute atomic E-state index is 13.6. The molecule has 30 heavy (non-hydrogen) atoms. The molecule has 0 spiro atoms. The minimum atomic E-state index is -4.42. The van der Waals surface area contributed by atoms with Gasteiger partial charge in [-0.2, -0.15) is 13.2 Å². The van der Waals surface area contributed by atoms with Crippen LogP contribution < -0.4 is 10.1 Å². The Morgan fingerprint density at radius 3 is 2.43 bits per heavy atom. The number of nitrogens with zero attached hydrogens (tertiary/aromatic N) is 1. The van der Waals surface area contributed by atoms with Crippen molar-refractivity contribution >= 4 is 5.91 Å². The minimum Gasteiger partial charge on any atom is -0.496 e. The molecule has 0 aromatic heterocycles. The van der Waals surface area contributed by atoms with E-state index in [4.69, 9.17) is 9.47 Å². The second-order valence-corrected chi connectivity index (χ2v) is 6.84. The standard InChI is InChI=1S/C21H22F4N2O3/c1-29-19-7-6-16(22)12-17(19)20(28)26-13-18(27-8-10-30-11-9-27)14-2-4-15(5-3-14)21(23,24)25/h2-7,12,18H,8-11,13H2,1H3,(H,26,28). The number of amides is 1. The third-order valence-electron chi connectivity index (χ3n) is 4.97. The van der Waals surface area contributed by atoms with E-state index >= 15 is 0 Å². The van der Waals surface area contributed by atoms with Crippen molar-refractivity contribution in [3.8, 4) is 5.75 Å². The Morgan fingerprint density at radius 1 is 1.17 bits per heavy atom. The summed E-state index contributed by atoms with van der Waals surface area (Å²) >= 11 is 0. The molecule has 2 aromatic carbocycles. The molecule has 1 heterocycles. The van der Waals surface area contributed by atoms with Crippen molar-refractivity contribution in [3.05, 3.63) is 65.0 Å². The van der Waals surface area contributed by atoms with Crippen LogP contribution in [0.25, 0.3) is 0 Å². The zero-order valence-corrected chi connectivity index (χ0v) is 16.3. The van der Waals surface area contributed by atoms with Crippen LogP contribution in [0, 0.1) is 5.82 Å². The molecule has 1 N–H and O–H groups in total. The SMILES string of the molecule is COc1ccc(F)cc1C(=O)NCC(c1ccc(C(F)(F)F)cc1)N1CCOCC1. The number of halogens is 4. The molecule has 9 heteroatoms. The Morgan fingerprint density at radius 2 is 1.83 bits per heavy atom. The summed E-state index contributed by atoms with van der Waals surface area (Å²) in [6.45, 7) is 2.26. The lowest BCUT2D eigenvalue weighted by atomic mass is 10.0. The molecular formula is C21H22F4N2O3. The largest absolute Gasteiger partial charge is 0.496 e. The van der Waals surface area contributed by atoms with Gasteiger partial charge in [0.05, 0.1) is 37.5 Å². The van der Waals surface area contributed by atoms with Crippen LogP contribution in [0.1, 0.15) is 27.5 Å². The van der Waals surface area contributed by atoms with Crippen LogP contribution in [-0.2, 0) is 10.9 Å². The summed E-state index contributed by atoms with van der Waals surface area (Å²) in [5, 5.41) is 2.75. The van der Waals surface area contributed by atoms with Crippen LogP contribution in [0.4, 0.5) is 17.6 Å². The van der Waals surface area contributed by atoms with E-state index < -0.39 is 23.5 Å². The molecule has 1 unspecified atom stereocenters. The summed E-state index contributed by atoms with van der Waals surface area (Å²) in [6.07, 6.45) is -4.42. The van der Waals surface area contributed by atoms with Crippen LogP contribution in [0.15, 0.2) is 42.5 Å². The van der Waals surface area contributed by atoms with Crippen molar-refractivity contribution in [1.29, 1.82) is 0 Å². The highest BCUT2D eigenvalue weighted by atomic mass is 19.4. The Balaban J connectivity index is 1.80. The van der Waals surface area contributed by atoms with Gasteiger partial charge in [-0.1, -0.05) is 12.1 Å². The van der Waals surface area contributed by atoms with E-state index in [9.17, 15) is 22.4 Å². The maximum Gasteiger partial charge on any atom is 0.416 e. The number of carbonyl (C=O) groups excluding carboxylic acids is 1. The number of nitrogens with one attached hydrogen (secondary N) is 1. The molecule has 2 aromatic rings. The smallest absolute Gasteiger partial charge is 0.416 e. The second kappa shape index (κ2) is 9.44. The fraction of sp³-hybridized carbons (Fsp3) is 0.381. The van der Waals surface area contributed by atoms with Gasteiger partial charge in [-0.05, 0) is 35.9 Å². The van der Waals surface area contributed by atoms with Gasteiger partial charge in [0.2, 0.25) is 0 Å². The summed E-state index contributed by atoms with van der Waals surface area (Å²) in [6, 6.07) is 8.15. The Hall–Kier alpha value is -2.65. The number of ether oxygens (including phenoxy) is 2. The van der Waals surface area contributed by atoms with E-state index in [1.807, 2.05) is 4.90 Å². The molecule has 162 valence electrons. The number of morpholine rings is 1. The van der Waals surface area contributed by atoms with E-state index in [0.29, 0.717) is 31.9 Å². The van der Waals surface area contributed by atoms with Crippen molar-refractivity contribution in [2.45, 2.75) is 12.2 Å². The van der Waals surface area contributed by atoms with Crippen molar-refractivity contribution in [2.75, 3.05) is 40.0 Å². The molecule has 0 radical (unpaired) electrons. The number of rotatable bonds is 6. The van der Waals surface area contributed by atoms with E-state index in [2.05, 4.69) is 5.32 Å². The third kappa shape index (κ3) is 5.28. The number of benzene rings is 2. The molecule has 1 aliphatic heterocycles. The predicted octanol–water partition coefficient (Wildman–Crippen LogP) is 3.66. The molecule has 3 rings (SSSR count). The lowest BCUT2D eigenvalue weighted by molar-refractivity contribution is -0.137. The molecule has 0 saturated carbocycles. The predicted molar refractivity (Wildman–Crippen MR) is 102 cm³/mol. The summed E-state index contributed by atoms with van der Waals surface area (Å²) in [7, 11) is 1.38. The van der Waals surface area contributed by atoms with Crippen molar-refractivity contribution in [2.24, 2.45) is 0 Å². The molecule has 1 saturated heterocycles. The average molecular weight is 426 g/mol. The van der Waals surface area contributed by atoms with Crippen molar-refractivity contribution in [3.63, 3.8) is 0 Å². The summed E-state index contributed by atoms with van der Waals surface area (Å²) in [5.41, 5.74) is -0.0532. The average Bonchev–Trinajstić information content (AvgIpc) is 2.74. The van der Waals surface area contributed by atoms with Crippen molar-refractivity contribution < 1.29 is 31.8 Å². The van der Waals surface area contributed by atoms with Gasteiger partial charge >= 0.3 is 6.18 Å². The number of methoxy groups -OCH3 is 1. The topological polar surface area (TPSA) is 50.8 Å². The van der Waals surface area contributed by atoms with Gasteiger partial charge in [-0.3, -0.25) is 9.69 Å². The first-order chi connectivity index (χ1) is 14.3. The fourth-order valence-corrected chi connectivity index (χ4v) is 3.38. The number of carbonyl (C=O) groups is 1. The van der Waals surface area contributed by atoms with Gasteiger partial charge in [-0.15, -0.1) is 0 Å². The Bertz CT molecular complexity index is 866. The van der Waals surface area contributed by atoms with Gasteiger partial charge < -0.3 is 14.8 Å².